The number of hydrogen-bond acceptors (Lipinski definition) is 5. The number of methoxy groups -OCH3 is 1. The predicted octanol–water partition coefficient (Wildman–Crippen LogP) is 0.948. The van der Waals surface area contributed by atoms with E-state index < -0.39 is 10.0 Å². The topological polar surface area (TPSA) is 88.5 Å². The third kappa shape index (κ3) is 3.27. The molecule has 0 aliphatic carbocycles. The van der Waals surface area contributed by atoms with E-state index in [0.717, 1.165) is 0 Å². The Bertz CT molecular complexity index is 459. The van der Waals surface area contributed by atoms with E-state index in [1.54, 1.807) is 6.92 Å². The first-order valence-corrected chi connectivity index (χ1v) is 6.37. The quantitative estimate of drug-likeness (QED) is 0.807. The number of rotatable bonds is 5. The van der Waals surface area contributed by atoms with Crippen molar-refractivity contribution in [3.63, 3.8) is 0 Å². The highest BCUT2D eigenvalue weighted by Crippen LogP contribution is 2.26. The zero-order valence-electron chi connectivity index (χ0n) is 9.10. The summed E-state index contributed by atoms with van der Waals surface area (Å²) in [5, 5.41) is 9.21. The van der Waals surface area contributed by atoms with Crippen LogP contribution in [0, 0.1) is 0 Å². The van der Waals surface area contributed by atoms with Gasteiger partial charge in [-0.05, 0) is 6.42 Å². The fourth-order valence-corrected chi connectivity index (χ4v) is 2.29. The molecule has 1 aromatic rings. The van der Waals surface area contributed by atoms with Gasteiger partial charge < -0.3 is 9.84 Å². The van der Waals surface area contributed by atoms with Gasteiger partial charge in [0.05, 0.1) is 19.1 Å². The Kier molecular flexibility index (Phi) is 3.94. The maximum atomic E-state index is 11.5. The largest absolute Gasteiger partial charge is 0.506 e. The number of sulfonamides is 1. The van der Waals surface area contributed by atoms with Crippen LogP contribution in [0.4, 0.5) is 5.69 Å². The van der Waals surface area contributed by atoms with Gasteiger partial charge in [-0.15, -0.1) is 0 Å². The molecule has 1 rings (SSSR count). The summed E-state index contributed by atoms with van der Waals surface area (Å²) in [6.45, 7) is 1.76. The average Bonchev–Trinajstić information content (AvgIpc) is 2.17. The van der Waals surface area contributed by atoms with Crippen molar-refractivity contribution in [2.45, 2.75) is 13.3 Å². The first-order chi connectivity index (χ1) is 7.48. The first kappa shape index (κ1) is 12.6. The normalized spacial score (nSPS) is 11.1. The van der Waals surface area contributed by atoms with Crippen LogP contribution in [-0.4, -0.2) is 31.4 Å². The molecule has 0 radical (unpaired) electrons. The van der Waals surface area contributed by atoms with Crippen LogP contribution in [0.25, 0.3) is 0 Å². The van der Waals surface area contributed by atoms with E-state index in [1.807, 2.05) is 0 Å². The van der Waals surface area contributed by atoms with Crippen LogP contribution in [0.1, 0.15) is 13.3 Å². The van der Waals surface area contributed by atoms with Crippen molar-refractivity contribution in [2.75, 3.05) is 17.6 Å². The molecule has 0 spiro atoms. The molecule has 1 aromatic heterocycles. The number of aromatic nitrogens is 1. The zero-order valence-corrected chi connectivity index (χ0v) is 9.91. The highest BCUT2D eigenvalue weighted by Gasteiger charge is 2.13. The van der Waals surface area contributed by atoms with E-state index in [4.69, 9.17) is 4.74 Å². The van der Waals surface area contributed by atoms with Crippen molar-refractivity contribution in [1.82, 2.24) is 4.98 Å². The monoisotopic (exact) mass is 246 g/mol. The smallest absolute Gasteiger partial charge is 0.238 e. The Hall–Kier alpha value is -1.50. The molecular formula is C9H14N2O4S. The Morgan fingerprint density at radius 3 is 2.81 bits per heavy atom. The number of ether oxygens (including phenoxy) is 1. The molecule has 0 aromatic carbocycles. The predicted molar refractivity (Wildman–Crippen MR) is 60.2 cm³/mol. The Balaban J connectivity index is 3.00. The van der Waals surface area contributed by atoms with Gasteiger partial charge in [0.25, 0.3) is 0 Å². The molecule has 0 aliphatic rings. The lowest BCUT2D eigenvalue weighted by molar-refractivity contribution is 0.396. The molecule has 1 heterocycles. The molecule has 0 saturated carbocycles. The van der Waals surface area contributed by atoms with Gasteiger partial charge in [0.2, 0.25) is 15.9 Å². The van der Waals surface area contributed by atoms with E-state index >= 15 is 0 Å². The summed E-state index contributed by atoms with van der Waals surface area (Å²) in [5.41, 5.74) is 0.135. The fourth-order valence-electron chi connectivity index (χ4n) is 1.16. The highest BCUT2D eigenvalue weighted by atomic mass is 32.2. The van der Waals surface area contributed by atoms with Gasteiger partial charge in [-0.25, -0.2) is 13.4 Å². The summed E-state index contributed by atoms with van der Waals surface area (Å²) in [7, 11) is -2.04. The second kappa shape index (κ2) is 5.02. The summed E-state index contributed by atoms with van der Waals surface area (Å²) in [6.07, 6.45) is 1.68. The molecule has 0 unspecified atom stereocenters. The molecule has 0 bridgehead atoms. The van der Waals surface area contributed by atoms with Gasteiger partial charge in [0.15, 0.2) is 0 Å². The van der Waals surface area contributed by atoms with E-state index in [1.165, 1.54) is 19.4 Å². The van der Waals surface area contributed by atoms with Gasteiger partial charge in [-0.2, -0.15) is 0 Å². The molecule has 0 aliphatic heterocycles. The number of aromatic hydroxyl groups is 1. The average molecular weight is 246 g/mol. The Morgan fingerprint density at radius 1 is 1.56 bits per heavy atom. The number of nitrogens with zero attached hydrogens (tertiary/aromatic N) is 1. The van der Waals surface area contributed by atoms with Gasteiger partial charge in [-0.3, -0.25) is 4.72 Å². The lowest BCUT2D eigenvalue weighted by atomic mass is 10.4. The number of nitrogens with one attached hydrogen (secondary N) is 1. The molecule has 0 fully saturated rings. The zero-order chi connectivity index (χ0) is 12.2. The van der Waals surface area contributed by atoms with E-state index in [9.17, 15) is 13.5 Å². The number of anilines is 1. The van der Waals surface area contributed by atoms with E-state index in [-0.39, 0.29) is 23.1 Å². The Morgan fingerprint density at radius 2 is 2.25 bits per heavy atom. The van der Waals surface area contributed by atoms with Crippen molar-refractivity contribution in [2.24, 2.45) is 0 Å². The maximum Gasteiger partial charge on any atom is 0.238 e. The van der Waals surface area contributed by atoms with Crippen LogP contribution < -0.4 is 9.46 Å². The third-order valence-electron chi connectivity index (χ3n) is 1.77. The third-order valence-corrected chi connectivity index (χ3v) is 3.24. The van der Waals surface area contributed by atoms with Gasteiger partial charge in [0, 0.05) is 6.07 Å². The lowest BCUT2D eigenvalue weighted by Gasteiger charge is -2.10. The molecule has 0 saturated heterocycles. The van der Waals surface area contributed by atoms with Crippen LogP contribution in [0.3, 0.4) is 0 Å². The van der Waals surface area contributed by atoms with E-state index in [0.29, 0.717) is 6.42 Å². The Labute approximate surface area is 94.3 Å². The van der Waals surface area contributed by atoms with Crippen molar-refractivity contribution < 1.29 is 18.3 Å². The molecule has 90 valence electrons. The van der Waals surface area contributed by atoms with Crippen molar-refractivity contribution in [3.8, 4) is 11.6 Å². The van der Waals surface area contributed by atoms with Crippen LogP contribution in [0.15, 0.2) is 12.3 Å². The van der Waals surface area contributed by atoms with Gasteiger partial charge in [-0.1, -0.05) is 6.92 Å². The SMILES string of the molecule is CCCS(=O)(=O)Nc1cc(O)cnc1OC. The van der Waals surface area contributed by atoms with Gasteiger partial charge >= 0.3 is 0 Å². The maximum absolute atomic E-state index is 11.5. The standard InChI is InChI=1S/C9H14N2O4S/c1-3-4-16(13,14)11-8-5-7(12)6-10-9(8)15-2/h5-6,11-12H,3-4H2,1-2H3. The minimum Gasteiger partial charge on any atom is -0.506 e. The molecular weight excluding hydrogens is 232 g/mol. The van der Waals surface area contributed by atoms with Crippen molar-refractivity contribution in [3.05, 3.63) is 12.3 Å². The van der Waals surface area contributed by atoms with Gasteiger partial charge in [0.1, 0.15) is 11.4 Å². The highest BCUT2D eigenvalue weighted by molar-refractivity contribution is 7.92. The molecule has 16 heavy (non-hydrogen) atoms. The second-order valence-corrected chi connectivity index (χ2v) is 5.01. The summed E-state index contributed by atoms with van der Waals surface area (Å²) >= 11 is 0. The summed E-state index contributed by atoms with van der Waals surface area (Å²) in [6, 6.07) is 1.25. The number of pyridine rings is 1. The molecule has 0 amide bonds. The van der Waals surface area contributed by atoms with Crippen LogP contribution >= 0.6 is 0 Å². The molecule has 0 atom stereocenters. The van der Waals surface area contributed by atoms with Crippen molar-refractivity contribution >= 4 is 15.7 Å². The van der Waals surface area contributed by atoms with Crippen molar-refractivity contribution in [1.29, 1.82) is 0 Å². The minimum atomic E-state index is -3.42. The molecule has 2 N–H and O–H groups in total. The molecule has 7 heteroatoms. The molecule has 6 nitrogen and oxygen atoms in total. The summed E-state index contributed by atoms with van der Waals surface area (Å²) in [5.74, 6) is -0.00120. The van der Waals surface area contributed by atoms with Crippen LogP contribution in [0.2, 0.25) is 0 Å². The fraction of sp³-hybridized carbons (Fsp3) is 0.444. The lowest BCUT2D eigenvalue weighted by Crippen LogP contribution is -2.16. The summed E-state index contributed by atoms with van der Waals surface area (Å²) in [4.78, 5) is 3.74. The van der Waals surface area contributed by atoms with Crippen LogP contribution in [-0.2, 0) is 10.0 Å². The second-order valence-electron chi connectivity index (χ2n) is 3.17. The van der Waals surface area contributed by atoms with Crippen LogP contribution in [0.5, 0.6) is 11.6 Å². The minimum absolute atomic E-state index is 0.00576. The van der Waals surface area contributed by atoms with E-state index in [2.05, 4.69) is 9.71 Å². The number of hydrogen-bond donors (Lipinski definition) is 2. The summed E-state index contributed by atoms with van der Waals surface area (Å²) < 4.78 is 30.2. The first-order valence-electron chi connectivity index (χ1n) is 4.72.